The summed E-state index contributed by atoms with van der Waals surface area (Å²) in [4.78, 5) is 18.3. The van der Waals surface area contributed by atoms with Gasteiger partial charge in [-0.3, -0.25) is 9.78 Å². The molecule has 0 saturated carbocycles. The van der Waals surface area contributed by atoms with Crippen LogP contribution in [0, 0.1) is 19.7 Å². The van der Waals surface area contributed by atoms with Crippen molar-refractivity contribution in [3.05, 3.63) is 59.3 Å². The largest absolute Gasteiger partial charge is 0.346 e. The van der Waals surface area contributed by atoms with Crippen molar-refractivity contribution in [3.63, 3.8) is 0 Å². The number of rotatable bonds is 3. The number of anilines is 1. The zero-order valence-corrected chi connectivity index (χ0v) is 15.5. The molecule has 0 fully saturated rings. The van der Waals surface area contributed by atoms with Gasteiger partial charge in [-0.25, -0.2) is 4.39 Å². The maximum Gasteiger partial charge on any atom is 0.224 e. The average Bonchev–Trinajstić information content (AvgIpc) is 2.79. The molecule has 132 valence electrons. The van der Waals surface area contributed by atoms with Gasteiger partial charge in [-0.2, -0.15) is 0 Å². The van der Waals surface area contributed by atoms with Gasteiger partial charge >= 0.3 is 0 Å². The highest BCUT2D eigenvalue weighted by molar-refractivity contribution is 6.02. The third-order valence-electron chi connectivity index (χ3n) is 4.61. The number of aryl methyl sites for hydroxylation is 2. The summed E-state index contributed by atoms with van der Waals surface area (Å²) in [6, 6.07) is 6.20. The predicted molar refractivity (Wildman–Crippen MR) is 101 cm³/mol. The van der Waals surface area contributed by atoms with E-state index in [-0.39, 0.29) is 24.1 Å². The zero-order chi connectivity index (χ0) is 17.4. The maximum atomic E-state index is 13.1. The van der Waals surface area contributed by atoms with Crippen molar-refractivity contribution in [3.8, 4) is 0 Å². The number of carbonyl (C=O) groups excluding carboxylic acids is 1. The molecule has 2 heterocycles. The molecule has 0 aliphatic rings. The third-order valence-corrected chi connectivity index (χ3v) is 4.61. The molecule has 6 heteroatoms. The first-order valence-corrected chi connectivity index (χ1v) is 7.82. The first-order valence-electron chi connectivity index (χ1n) is 7.82. The lowest BCUT2D eigenvalue weighted by atomic mass is 10.1. The second kappa shape index (κ2) is 7.23. The summed E-state index contributed by atoms with van der Waals surface area (Å²) in [6.45, 7) is 6.02. The summed E-state index contributed by atoms with van der Waals surface area (Å²) in [7, 11) is 1.99. The summed E-state index contributed by atoms with van der Waals surface area (Å²) >= 11 is 0. The minimum absolute atomic E-state index is 0. The van der Waals surface area contributed by atoms with Crippen LogP contribution in [-0.2, 0) is 18.4 Å². The van der Waals surface area contributed by atoms with Crippen LogP contribution in [0.1, 0.15) is 23.7 Å². The number of pyridine rings is 1. The minimum atomic E-state index is -0.287. The second-order valence-corrected chi connectivity index (χ2v) is 6.06. The van der Waals surface area contributed by atoms with Crippen molar-refractivity contribution in [2.24, 2.45) is 7.05 Å². The van der Waals surface area contributed by atoms with Crippen LogP contribution in [0.3, 0.4) is 0 Å². The van der Waals surface area contributed by atoms with E-state index in [1.54, 1.807) is 23.2 Å². The normalized spacial score (nSPS) is 10.6. The number of halogens is 2. The Hall–Kier alpha value is -2.40. The molecular formula is C19H21ClFN3O. The Morgan fingerprint density at radius 2 is 1.84 bits per heavy atom. The smallest absolute Gasteiger partial charge is 0.224 e. The predicted octanol–water partition coefficient (Wildman–Crippen LogP) is 4.30. The van der Waals surface area contributed by atoms with E-state index in [0.29, 0.717) is 6.54 Å². The van der Waals surface area contributed by atoms with Gasteiger partial charge < -0.3 is 9.47 Å². The first-order chi connectivity index (χ1) is 11.4. The van der Waals surface area contributed by atoms with Gasteiger partial charge in [-0.1, -0.05) is 12.1 Å². The third kappa shape index (κ3) is 3.37. The number of benzene rings is 1. The number of fused-ring (bicyclic) bond motifs is 1. The van der Waals surface area contributed by atoms with Crippen LogP contribution in [0.25, 0.3) is 10.9 Å². The van der Waals surface area contributed by atoms with Crippen molar-refractivity contribution < 1.29 is 9.18 Å². The van der Waals surface area contributed by atoms with Gasteiger partial charge in [0.25, 0.3) is 0 Å². The highest BCUT2D eigenvalue weighted by atomic mass is 35.5. The van der Waals surface area contributed by atoms with Gasteiger partial charge in [0.15, 0.2) is 0 Å². The lowest BCUT2D eigenvalue weighted by Crippen LogP contribution is -2.28. The molecule has 0 aliphatic carbocycles. The second-order valence-electron chi connectivity index (χ2n) is 6.06. The Morgan fingerprint density at radius 3 is 2.44 bits per heavy atom. The Morgan fingerprint density at radius 1 is 1.20 bits per heavy atom. The summed E-state index contributed by atoms with van der Waals surface area (Å²) in [5.41, 5.74) is 4.92. The highest BCUT2D eigenvalue weighted by Gasteiger charge is 2.20. The topological polar surface area (TPSA) is 38.1 Å². The van der Waals surface area contributed by atoms with E-state index < -0.39 is 0 Å². The molecule has 4 nitrogen and oxygen atoms in total. The molecule has 3 rings (SSSR count). The molecule has 0 N–H and O–H groups in total. The molecular weight excluding hydrogens is 341 g/mol. The van der Waals surface area contributed by atoms with E-state index in [1.165, 1.54) is 19.1 Å². The minimum Gasteiger partial charge on any atom is -0.346 e. The van der Waals surface area contributed by atoms with Crippen molar-refractivity contribution >= 4 is 34.9 Å². The van der Waals surface area contributed by atoms with E-state index in [2.05, 4.69) is 23.4 Å². The van der Waals surface area contributed by atoms with Crippen molar-refractivity contribution in [1.29, 1.82) is 0 Å². The Bertz CT molecular complexity index is 919. The van der Waals surface area contributed by atoms with E-state index in [9.17, 15) is 9.18 Å². The summed E-state index contributed by atoms with van der Waals surface area (Å²) in [6.07, 6.45) is 3.55. The molecule has 25 heavy (non-hydrogen) atoms. The van der Waals surface area contributed by atoms with Crippen LogP contribution in [0.5, 0.6) is 0 Å². The van der Waals surface area contributed by atoms with Crippen molar-refractivity contribution in [1.82, 2.24) is 9.55 Å². The van der Waals surface area contributed by atoms with Crippen LogP contribution in [-0.4, -0.2) is 15.5 Å². The van der Waals surface area contributed by atoms with E-state index in [0.717, 1.165) is 33.4 Å². The van der Waals surface area contributed by atoms with Gasteiger partial charge in [0.05, 0.1) is 23.9 Å². The van der Waals surface area contributed by atoms with E-state index >= 15 is 0 Å². The Labute approximate surface area is 152 Å². The molecule has 0 unspecified atom stereocenters. The van der Waals surface area contributed by atoms with Crippen molar-refractivity contribution in [2.75, 3.05) is 4.90 Å². The average molecular weight is 362 g/mol. The van der Waals surface area contributed by atoms with Gasteiger partial charge in [0.1, 0.15) is 5.82 Å². The summed E-state index contributed by atoms with van der Waals surface area (Å²) in [5, 5.41) is 1.04. The fourth-order valence-electron chi connectivity index (χ4n) is 3.02. The lowest BCUT2D eigenvalue weighted by molar-refractivity contribution is -0.116. The molecule has 0 spiro atoms. The fraction of sp³-hybridized carbons (Fsp3) is 0.263. The number of hydrogen-bond acceptors (Lipinski definition) is 2. The number of amides is 1. The van der Waals surface area contributed by atoms with Gasteiger partial charge in [-0.05, 0) is 37.1 Å². The highest BCUT2D eigenvalue weighted by Crippen LogP contribution is 2.32. The molecule has 0 saturated heterocycles. The number of aromatic nitrogens is 2. The maximum absolute atomic E-state index is 13.1. The monoisotopic (exact) mass is 361 g/mol. The fourth-order valence-corrected chi connectivity index (χ4v) is 3.02. The van der Waals surface area contributed by atoms with Crippen LogP contribution in [0.15, 0.2) is 36.7 Å². The molecule has 0 radical (unpaired) electrons. The number of hydrogen-bond donors (Lipinski definition) is 0. The van der Waals surface area contributed by atoms with Crippen LogP contribution >= 0.6 is 12.4 Å². The molecule has 0 aliphatic heterocycles. The quantitative estimate of drug-likeness (QED) is 0.697. The zero-order valence-electron chi connectivity index (χ0n) is 14.7. The summed E-state index contributed by atoms with van der Waals surface area (Å²) in [5.74, 6) is -0.365. The SMILES string of the molecule is CC(=O)N(Cc1ccc(F)cc1)c1cncc2c(C)c(C)n(C)c12.Cl. The summed E-state index contributed by atoms with van der Waals surface area (Å²) < 4.78 is 15.2. The molecule has 2 aromatic heterocycles. The lowest BCUT2D eigenvalue weighted by Gasteiger charge is -2.22. The van der Waals surface area contributed by atoms with Gasteiger partial charge in [-0.15, -0.1) is 12.4 Å². The first kappa shape index (κ1) is 18.9. The molecule has 1 amide bonds. The van der Waals surface area contributed by atoms with E-state index in [1.807, 2.05) is 13.2 Å². The van der Waals surface area contributed by atoms with Crippen molar-refractivity contribution in [2.45, 2.75) is 27.3 Å². The molecule has 0 bridgehead atoms. The molecule has 1 aromatic carbocycles. The van der Waals surface area contributed by atoms with Crippen LogP contribution in [0.2, 0.25) is 0 Å². The van der Waals surface area contributed by atoms with Gasteiger partial charge in [0.2, 0.25) is 5.91 Å². The van der Waals surface area contributed by atoms with Gasteiger partial charge in [0, 0.05) is 31.2 Å². The molecule has 3 aromatic rings. The van der Waals surface area contributed by atoms with Crippen LogP contribution in [0.4, 0.5) is 10.1 Å². The number of carbonyl (C=O) groups is 1. The van der Waals surface area contributed by atoms with Crippen LogP contribution < -0.4 is 4.90 Å². The molecule has 0 atom stereocenters. The number of nitrogens with zero attached hydrogens (tertiary/aromatic N) is 3. The Balaban J connectivity index is 0.00000225. The standard InChI is InChI=1S/C19H20FN3O.ClH/c1-12-13(2)22(4)19-17(12)9-21-10-18(19)23(14(3)24)11-15-5-7-16(20)8-6-15;/h5-10H,11H2,1-4H3;1H. The Kier molecular flexibility index (Phi) is 5.48. The van der Waals surface area contributed by atoms with E-state index in [4.69, 9.17) is 0 Å².